The van der Waals surface area contributed by atoms with Gasteiger partial charge in [0.1, 0.15) is 11.5 Å². The lowest BCUT2D eigenvalue weighted by molar-refractivity contribution is 0.0984. The van der Waals surface area contributed by atoms with E-state index in [1.54, 1.807) is 65.4 Å². The minimum absolute atomic E-state index is 0.117. The Bertz CT molecular complexity index is 1690. The van der Waals surface area contributed by atoms with Gasteiger partial charge in [-0.05, 0) is 91.7 Å². The number of carbonyl (C=O) groups is 2. The number of anilines is 2. The lowest BCUT2D eigenvalue weighted by Gasteiger charge is -2.25. The highest BCUT2D eigenvalue weighted by atomic mass is 16.5. The van der Waals surface area contributed by atoms with Gasteiger partial charge in [-0.15, -0.1) is 0 Å². The van der Waals surface area contributed by atoms with Crippen molar-refractivity contribution in [2.75, 3.05) is 16.9 Å². The first kappa shape index (κ1) is 29.1. The van der Waals surface area contributed by atoms with E-state index in [1.807, 2.05) is 86.6 Å². The Hall–Kier alpha value is -5.36. The average Bonchev–Trinajstić information content (AvgIpc) is 3.04. The molecule has 5 rings (SSSR count). The molecule has 0 unspecified atom stereocenters. The van der Waals surface area contributed by atoms with Crippen molar-refractivity contribution in [3.05, 3.63) is 155 Å². The maximum atomic E-state index is 14.1. The number of benzene rings is 5. The van der Waals surface area contributed by atoms with Crippen molar-refractivity contribution in [3.8, 4) is 11.5 Å². The van der Waals surface area contributed by atoms with E-state index in [9.17, 15) is 14.7 Å². The van der Waals surface area contributed by atoms with E-state index in [0.29, 0.717) is 41.3 Å². The van der Waals surface area contributed by atoms with Crippen LogP contribution in [-0.2, 0) is 13.1 Å². The molecule has 0 atom stereocenters. The number of nitrogens with zero attached hydrogens (tertiary/aromatic N) is 2. The van der Waals surface area contributed by atoms with Crippen molar-refractivity contribution in [1.82, 2.24) is 0 Å². The van der Waals surface area contributed by atoms with Gasteiger partial charge in [0.15, 0.2) is 0 Å². The van der Waals surface area contributed by atoms with Crippen molar-refractivity contribution in [2.45, 2.75) is 26.9 Å². The van der Waals surface area contributed by atoms with E-state index >= 15 is 0 Å². The van der Waals surface area contributed by atoms with Crippen molar-refractivity contribution >= 4 is 23.2 Å². The van der Waals surface area contributed by atoms with Crippen LogP contribution in [0.2, 0.25) is 0 Å². The predicted molar refractivity (Wildman–Crippen MR) is 171 cm³/mol. The minimum atomic E-state index is -0.254. The fraction of sp³-hybridized carbons (Fsp3) is 0.135. The number of methoxy groups -OCH3 is 1. The quantitative estimate of drug-likeness (QED) is 0.197. The van der Waals surface area contributed by atoms with Gasteiger partial charge in [0.05, 0.1) is 20.2 Å². The summed E-state index contributed by atoms with van der Waals surface area (Å²) < 4.78 is 5.32. The van der Waals surface area contributed by atoms with Gasteiger partial charge in [0, 0.05) is 22.5 Å². The molecule has 0 aliphatic carbocycles. The number of phenols is 1. The van der Waals surface area contributed by atoms with Crippen molar-refractivity contribution < 1.29 is 19.4 Å². The van der Waals surface area contributed by atoms with Gasteiger partial charge in [-0.1, -0.05) is 65.7 Å². The van der Waals surface area contributed by atoms with Crippen molar-refractivity contribution in [3.63, 3.8) is 0 Å². The van der Waals surface area contributed by atoms with E-state index < -0.39 is 0 Å². The molecule has 0 aromatic heterocycles. The zero-order valence-electron chi connectivity index (χ0n) is 24.5. The van der Waals surface area contributed by atoms with Crippen LogP contribution in [-0.4, -0.2) is 24.0 Å². The Kier molecular flexibility index (Phi) is 8.87. The standard InChI is InChI=1S/C37H34N2O4/c1-26-7-11-28(12-8-26)24-38(32-15-19-34(40)20-16-32)36(41)30-5-4-6-31(23-30)37(42)39(25-29-13-9-27(2)10-14-29)33-17-21-35(43-3)22-18-33/h4-23,40H,24-25H2,1-3H3. The molecule has 0 fully saturated rings. The number of hydrogen-bond acceptors (Lipinski definition) is 4. The van der Waals surface area contributed by atoms with Crippen LogP contribution >= 0.6 is 0 Å². The molecule has 1 N–H and O–H groups in total. The van der Waals surface area contributed by atoms with Crippen LogP contribution in [0.1, 0.15) is 43.0 Å². The molecule has 5 aromatic carbocycles. The third-order valence-electron chi connectivity index (χ3n) is 7.31. The fourth-order valence-corrected chi connectivity index (χ4v) is 4.80. The Morgan fingerprint density at radius 3 is 1.44 bits per heavy atom. The second-order valence-corrected chi connectivity index (χ2v) is 10.5. The molecule has 5 aromatic rings. The normalized spacial score (nSPS) is 10.7. The Morgan fingerprint density at radius 2 is 1.02 bits per heavy atom. The smallest absolute Gasteiger partial charge is 0.258 e. The van der Waals surface area contributed by atoms with Crippen LogP contribution in [0.5, 0.6) is 11.5 Å². The molecule has 0 spiro atoms. The summed E-state index contributed by atoms with van der Waals surface area (Å²) in [6.45, 7) is 4.73. The zero-order chi connectivity index (χ0) is 30.3. The SMILES string of the molecule is COc1ccc(N(Cc2ccc(C)cc2)C(=O)c2cccc(C(=O)N(Cc3ccc(C)cc3)c3ccc(O)cc3)c2)cc1. The fourth-order valence-electron chi connectivity index (χ4n) is 4.80. The van der Waals surface area contributed by atoms with Crippen LogP contribution in [0.15, 0.2) is 121 Å². The first-order chi connectivity index (χ1) is 20.8. The first-order valence-corrected chi connectivity index (χ1v) is 14.1. The molecular formula is C37H34N2O4. The van der Waals surface area contributed by atoms with Gasteiger partial charge >= 0.3 is 0 Å². The maximum Gasteiger partial charge on any atom is 0.258 e. The van der Waals surface area contributed by atoms with E-state index in [1.165, 1.54) is 0 Å². The summed E-state index contributed by atoms with van der Waals surface area (Å²) in [7, 11) is 1.60. The molecule has 6 heteroatoms. The third-order valence-corrected chi connectivity index (χ3v) is 7.31. The van der Waals surface area contributed by atoms with Crippen LogP contribution in [0, 0.1) is 13.8 Å². The van der Waals surface area contributed by atoms with E-state index in [0.717, 1.165) is 22.3 Å². The summed E-state index contributed by atoms with van der Waals surface area (Å²) in [4.78, 5) is 31.5. The number of aromatic hydroxyl groups is 1. The van der Waals surface area contributed by atoms with Crippen LogP contribution in [0.25, 0.3) is 0 Å². The summed E-state index contributed by atoms with van der Waals surface area (Å²) >= 11 is 0. The largest absolute Gasteiger partial charge is 0.508 e. The topological polar surface area (TPSA) is 70.1 Å². The number of aryl methyl sites for hydroxylation is 2. The highest BCUT2D eigenvalue weighted by Crippen LogP contribution is 2.26. The monoisotopic (exact) mass is 570 g/mol. The van der Waals surface area contributed by atoms with Crippen molar-refractivity contribution in [1.29, 1.82) is 0 Å². The summed E-state index contributed by atoms with van der Waals surface area (Å²) in [5.41, 5.74) is 6.35. The molecule has 0 aliphatic rings. The highest BCUT2D eigenvalue weighted by molar-refractivity contribution is 6.10. The highest BCUT2D eigenvalue weighted by Gasteiger charge is 2.23. The Labute approximate surface area is 252 Å². The average molecular weight is 571 g/mol. The second kappa shape index (κ2) is 13.1. The van der Waals surface area contributed by atoms with Crippen molar-refractivity contribution in [2.24, 2.45) is 0 Å². The molecule has 2 amide bonds. The van der Waals surface area contributed by atoms with E-state index in [2.05, 4.69) is 0 Å². The van der Waals surface area contributed by atoms with Gasteiger partial charge in [-0.25, -0.2) is 0 Å². The maximum absolute atomic E-state index is 14.1. The molecule has 0 heterocycles. The molecule has 6 nitrogen and oxygen atoms in total. The lowest BCUT2D eigenvalue weighted by Crippen LogP contribution is -2.32. The number of ether oxygens (including phenoxy) is 1. The number of carbonyl (C=O) groups excluding carboxylic acids is 2. The number of amides is 2. The van der Waals surface area contributed by atoms with Gasteiger partial charge in [0.25, 0.3) is 11.8 Å². The Balaban J connectivity index is 1.48. The number of hydrogen-bond donors (Lipinski definition) is 1. The van der Waals surface area contributed by atoms with E-state index in [-0.39, 0.29) is 17.6 Å². The van der Waals surface area contributed by atoms with Crippen LogP contribution in [0.3, 0.4) is 0 Å². The summed E-state index contributed by atoms with van der Waals surface area (Å²) in [5.74, 6) is 0.332. The molecule has 216 valence electrons. The first-order valence-electron chi connectivity index (χ1n) is 14.1. The molecule has 43 heavy (non-hydrogen) atoms. The van der Waals surface area contributed by atoms with Crippen LogP contribution in [0.4, 0.5) is 11.4 Å². The zero-order valence-corrected chi connectivity index (χ0v) is 24.5. The molecule has 0 aliphatic heterocycles. The number of phenolic OH excluding ortho intramolecular Hbond substituents is 1. The summed E-state index contributed by atoms with van der Waals surface area (Å²) in [5, 5.41) is 9.85. The van der Waals surface area contributed by atoms with Gasteiger partial charge in [0.2, 0.25) is 0 Å². The molecular weight excluding hydrogens is 536 g/mol. The number of rotatable bonds is 9. The third kappa shape index (κ3) is 7.11. The van der Waals surface area contributed by atoms with E-state index in [4.69, 9.17) is 4.74 Å². The van der Waals surface area contributed by atoms with Gasteiger partial charge in [-0.2, -0.15) is 0 Å². The summed E-state index contributed by atoms with van der Waals surface area (Å²) in [6.07, 6.45) is 0. The molecule has 0 bridgehead atoms. The van der Waals surface area contributed by atoms with Crippen LogP contribution < -0.4 is 14.5 Å². The minimum Gasteiger partial charge on any atom is -0.508 e. The van der Waals surface area contributed by atoms with Gasteiger partial charge < -0.3 is 19.6 Å². The Morgan fingerprint density at radius 1 is 0.605 bits per heavy atom. The molecule has 0 saturated heterocycles. The summed E-state index contributed by atoms with van der Waals surface area (Å²) in [6, 6.07) is 36.8. The lowest BCUT2D eigenvalue weighted by atomic mass is 10.1. The predicted octanol–water partition coefficient (Wildman–Crippen LogP) is 7.71. The molecule has 0 saturated carbocycles. The molecule has 0 radical (unpaired) electrons. The second-order valence-electron chi connectivity index (χ2n) is 10.5. The van der Waals surface area contributed by atoms with Gasteiger partial charge in [-0.3, -0.25) is 9.59 Å².